The number of rotatable bonds is 5. The molecule has 1 aliphatic rings. The molecule has 1 aromatic rings. The summed E-state index contributed by atoms with van der Waals surface area (Å²) in [4.78, 5) is 1.46. The van der Waals surface area contributed by atoms with Crippen molar-refractivity contribution in [1.29, 1.82) is 0 Å². The molecule has 1 fully saturated rings. The Morgan fingerprint density at radius 3 is 3.00 bits per heavy atom. The lowest BCUT2D eigenvalue weighted by atomic mass is 10.1. The summed E-state index contributed by atoms with van der Waals surface area (Å²) in [6, 6.07) is 5.10. The number of hydrogen-bond donors (Lipinski definition) is 1. The minimum atomic E-state index is 0.766. The van der Waals surface area contributed by atoms with Crippen LogP contribution in [0.3, 0.4) is 0 Å². The SMILES string of the molecule is CCC(NCc1cccs1)C1CC1. The van der Waals surface area contributed by atoms with Crippen LogP contribution in [0.15, 0.2) is 17.5 Å². The summed E-state index contributed by atoms with van der Waals surface area (Å²) in [5.74, 6) is 0.977. The van der Waals surface area contributed by atoms with E-state index in [9.17, 15) is 0 Å². The molecule has 0 amide bonds. The molecule has 1 atom stereocenters. The lowest BCUT2D eigenvalue weighted by molar-refractivity contribution is 0.451. The van der Waals surface area contributed by atoms with E-state index < -0.39 is 0 Å². The molecule has 13 heavy (non-hydrogen) atoms. The van der Waals surface area contributed by atoms with Gasteiger partial charge in [0.05, 0.1) is 0 Å². The third-order valence-electron chi connectivity index (χ3n) is 2.75. The van der Waals surface area contributed by atoms with E-state index in [4.69, 9.17) is 0 Å². The predicted molar refractivity (Wildman–Crippen MR) is 58.0 cm³/mol. The van der Waals surface area contributed by atoms with E-state index in [0.29, 0.717) is 0 Å². The van der Waals surface area contributed by atoms with Gasteiger partial charge < -0.3 is 5.32 Å². The van der Waals surface area contributed by atoms with Crippen molar-refractivity contribution in [1.82, 2.24) is 5.32 Å². The van der Waals surface area contributed by atoms with Gasteiger partial charge in [-0.25, -0.2) is 0 Å². The Hall–Kier alpha value is -0.340. The average molecular weight is 195 g/mol. The molecule has 1 aliphatic carbocycles. The molecule has 1 aromatic heterocycles. The van der Waals surface area contributed by atoms with Crippen LogP contribution in [0.25, 0.3) is 0 Å². The number of nitrogens with one attached hydrogen (secondary N) is 1. The summed E-state index contributed by atoms with van der Waals surface area (Å²) < 4.78 is 0. The summed E-state index contributed by atoms with van der Waals surface area (Å²) in [6.07, 6.45) is 4.15. The van der Waals surface area contributed by atoms with Crippen molar-refractivity contribution in [2.24, 2.45) is 5.92 Å². The maximum atomic E-state index is 3.64. The molecular formula is C11H17NS. The Labute approximate surface area is 84.2 Å². The van der Waals surface area contributed by atoms with Crippen molar-refractivity contribution in [2.75, 3.05) is 0 Å². The van der Waals surface area contributed by atoms with Crippen molar-refractivity contribution >= 4 is 11.3 Å². The van der Waals surface area contributed by atoms with Gasteiger partial charge in [-0.05, 0) is 36.6 Å². The Morgan fingerprint density at radius 2 is 2.46 bits per heavy atom. The first-order valence-electron chi connectivity index (χ1n) is 5.16. The van der Waals surface area contributed by atoms with E-state index in [1.807, 2.05) is 11.3 Å². The smallest absolute Gasteiger partial charge is 0.0302 e. The van der Waals surface area contributed by atoms with Crippen molar-refractivity contribution in [2.45, 2.75) is 38.8 Å². The maximum absolute atomic E-state index is 3.64. The minimum absolute atomic E-state index is 0.766. The van der Waals surface area contributed by atoms with Crippen molar-refractivity contribution in [3.8, 4) is 0 Å². The van der Waals surface area contributed by atoms with Gasteiger partial charge >= 0.3 is 0 Å². The second-order valence-corrected chi connectivity index (χ2v) is 4.84. The van der Waals surface area contributed by atoms with Gasteiger partial charge in [0.25, 0.3) is 0 Å². The van der Waals surface area contributed by atoms with Crippen molar-refractivity contribution in [3.63, 3.8) is 0 Å². The van der Waals surface area contributed by atoms with Gasteiger partial charge in [0.15, 0.2) is 0 Å². The molecule has 1 N–H and O–H groups in total. The second kappa shape index (κ2) is 4.25. The Morgan fingerprint density at radius 1 is 1.62 bits per heavy atom. The zero-order valence-electron chi connectivity index (χ0n) is 8.12. The van der Waals surface area contributed by atoms with Crippen LogP contribution < -0.4 is 5.32 Å². The third-order valence-corrected chi connectivity index (χ3v) is 3.63. The molecule has 2 rings (SSSR count). The van der Waals surface area contributed by atoms with Gasteiger partial charge in [-0.3, -0.25) is 0 Å². The fraction of sp³-hybridized carbons (Fsp3) is 0.636. The fourth-order valence-corrected chi connectivity index (χ4v) is 2.44. The normalized spacial score (nSPS) is 18.8. The van der Waals surface area contributed by atoms with Gasteiger partial charge in [0.1, 0.15) is 0 Å². The van der Waals surface area contributed by atoms with Gasteiger partial charge in [0.2, 0.25) is 0 Å². The highest BCUT2D eigenvalue weighted by atomic mass is 32.1. The average Bonchev–Trinajstić information content (AvgIpc) is 2.84. The third kappa shape index (κ3) is 2.55. The first-order chi connectivity index (χ1) is 6.40. The maximum Gasteiger partial charge on any atom is 0.0302 e. The quantitative estimate of drug-likeness (QED) is 0.761. The van der Waals surface area contributed by atoms with Crippen LogP contribution in [-0.2, 0) is 6.54 Å². The number of thiophene rings is 1. The molecule has 0 aliphatic heterocycles. The van der Waals surface area contributed by atoms with Gasteiger partial charge in [-0.2, -0.15) is 0 Å². The second-order valence-electron chi connectivity index (χ2n) is 3.81. The highest BCUT2D eigenvalue weighted by Gasteiger charge is 2.29. The van der Waals surface area contributed by atoms with Crippen molar-refractivity contribution < 1.29 is 0 Å². The molecule has 0 radical (unpaired) electrons. The minimum Gasteiger partial charge on any atom is -0.309 e. The van der Waals surface area contributed by atoms with Gasteiger partial charge in [-0.15, -0.1) is 11.3 Å². The summed E-state index contributed by atoms with van der Waals surface area (Å²) in [5, 5.41) is 5.79. The molecule has 1 unspecified atom stereocenters. The van der Waals surface area contributed by atoms with Crippen LogP contribution >= 0.6 is 11.3 Å². The summed E-state index contributed by atoms with van der Waals surface area (Å²) in [7, 11) is 0. The standard InChI is InChI=1S/C11H17NS/c1-2-11(9-5-6-9)12-8-10-4-3-7-13-10/h3-4,7,9,11-12H,2,5-6,8H2,1H3. The van der Waals surface area contributed by atoms with Crippen LogP contribution in [0, 0.1) is 5.92 Å². The summed E-state index contributed by atoms with van der Waals surface area (Å²) in [5.41, 5.74) is 0. The monoisotopic (exact) mass is 195 g/mol. The Balaban J connectivity index is 1.77. The molecule has 1 saturated carbocycles. The first-order valence-corrected chi connectivity index (χ1v) is 6.04. The van der Waals surface area contributed by atoms with Gasteiger partial charge in [0, 0.05) is 17.5 Å². The molecule has 0 spiro atoms. The first kappa shape index (κ1) is 9.22. The number of hydrogen-bond acceptors (Lipinski definition) is 2. The highest BCUT2D eigenvalue weighted by molar-refractivity contribution is 7.09. The van der Waals surface area contributed by atoms with E-state index in [1.165, 1.54) is 24.1 Å². The molecule has 72 valence electrons. The van der Waals surface area contributed by atoms with E-state index in [2.05, 4.69) is 29.8 Å². The molecule has 0 bridgehead atoms. The molecule has 0 aromatic carbocycles. The topological polar surface area (TPSA) is 12.0 Å². The van der Waals surface area contributed by atoms with E-state index in [1.54, 1.807) is 0 Å². The molecule has 2 heteroatoms. The van der Waals surface area contributed by atoms with Crippen LogP contribution in [0.5, 0.6) is 0 Å². The lowest BCUT2D eigenvalue weighted by Gasteiger charge is -2.14. The van der Waals surface area contributed by atoms with Crippen LogP contribution in [0.4, 0.5) is 0 Å². The summed E-state index contributed by atoms with van der Waals surface area (Å²) in [6.45, 7) is 3.34. The van der Waals surface area contributed by atoms with Crippen LogP contribution in [0.2, 0.25) is 0 Å². The summed E-state index contributed by atoms with van der Waals surface area (Å²) >= 11 is 1.85. The molecule has 1 nitrogen and oxygen atoms in total. The van der Waals surface area contributed by atoms with Crippen molar-refractivity contribution in [3.05, 3.63) is 22.4 Å². The highest BCUT2D eigenvalue weighted by Crippen LogP contribution is 2.34. The van der Waals surface area contributed by atoms with Crippen LogP contribution in [0.1, 0.15) is 31.1 Å². The molecular weight excluding hydrogens is 178 g/mol. The predicted octanol–water partition coefficient (Wildman–Crippen LogP) is 3.03. The van der Waals surface area contributed by atoms with E-state index >= 15 is 0 Å². The Kier molecular flexibility index (Phi) is 3.01. The van der Waals surface area contributed by atoms with Crippen LogP contribution in [-0.4, -0.2) is 6.04 Å². The Bertz CT molecular complexity index is 239. The largest absolute Gasteiger partial charge is 0.309 e. The molecule has 0 saturated heterocycles. The van der Waals surface area contributed by atoms with E-state index in [-0.39, 0.29) is 0 Å². The van der Waals surface area contributed by atoms with Gasteiger partial charge in [-0.1, -0.05) is 13.0 Å². The lowest BCUT2D eigenvalue weighted by Crippen LogP contribution is -2.29. The zero-order valence-corrected chi connectivity index (χ0v) is 8.94. The zero-order chi connectivity index (χ0) is 9.10. The molecule has 1 heterocycles. The fourth-order valence-electron chi connectivity index (χ4n) is 1.79. The van der Waals surface area contributed by atoms with E-state index in [0.717, 1.165) is 18.5 Å².